The number of hydrogen-bond donors (Lipinski definition) is 3. The summed E-state index contributed by atoms with van der Waals surface area (Å²) >= 11 is 0. The molecule has 1 aromatic carbocycles. The smallest absolute Gasteiger partial charge is 0.408 e. The van der Waals surface area contributed by atoms with Gasteiger partial charge in [-0.2, -0.15) is 0 Å². The van der Waals surface area contributed by atoms with E-state index in [-0.39, 0.29) is 12.5 Å². The molecule has 0 heterocycles. The number of alkyl carbamates (subject to hydrolysis) is 1. The molecule has 2 atom stereocenters. The predicted octanol–water partition coefficient (Wildman–Crippen LogP) is 4.05. The number of benzene rings is 1. The number of nitrogens with zero attached hydrogens (tertiary/aromatic N) is 1. The lowest BCUT2D eigenvalue weighted by Gasteiger charge is -2.35. The molecule has 4 N–H and O–H groups in total. The Kier molecular flexibility index (Phi) is 13.1. The average Bonchev–Trinajstić information content (AvgIpc) is 2.78. The van der Waals surface area contributed by atoms with Crippen LogP contribution in [0.25, 0.3) is 0 Å². The van der Waals surface area contributed by atoms with Gasteiger partial charge in [-0.25, -0.2) is 4.79 Å². The minimum atomic E-state index is -1.27. The molecule has 0 aliphatic carbocycles. The van der Waals surface area contributed by atoms with Gasteiger partial charge in [0.2, 0.25) is 17.7 Å². The van der Waals surface area contributed by atoms with E-state index in [0.717, 1.165) is 36.8 Å². The summed E-state index contributed by atoms with van der Waals surface area (Å²) in [5.41, 5.74) is 7.24. The van der Waals surface area contributed by atoms with Gasteiger partial charge < -0.3 is 26.0 Å². The molecular weight excluding hydrogens is 472 g/mol. The zero-order valence-corrected chi connectivity index (χ0v) is 23.6. The molecular formula is C28H46N4O5. The van der Waals surface area contributed by atoms with Crippen LogP contribution in [0.4, 0.5) is 4.79 Å². The first kappa shape index (κ1) is 31.9. The number of carbonyl (C=O) groups is 4. The first-order valence-electron chi connectivity index (χ1n) is 13.2. The lowest BCUT2D eigenvalue weighted by molar-refractivity contribution is -0.143. The fraction of sp³-hybridized carbons (Fsp3) is 0.643. The molecule has 0 aliphatic heterocycles. The quantitative estimate of drug-likeness (QED) is 0.320. The number of amides is 4. The van der Waals surface area contributed by atoms with E-state index in [2.05, 4.69) is 10.6 Å². The van der Waals surface area contributed by atoms with Crippen LogP contribution in [-0.2, 0) is 19.1 Å². The van der Waals surface area contributed by atoms with Crippen LogP contribution >= 0.6 is 0 Å². The molecule has 37 heavy (non-hydrogen) atoms. The van der Waals surface area contributed by atoms with Gasteiger partial charge in [0.15, 0.2) is 0 Å². The second kappa shape index (κ2) is 15.2. The maximum atomic E-state index is 14.0. The number of aryl methyl sites for hydroxylation is 1. The van der Waals surface area contributed by atoms with Gasteiger partial charge in [0.1, 0.15) is 17.7 Å². The number of nitrogens with one attached hydrogen (secondary N) is 2. The Hall–Kier alpha value is -3.10. The number of ether oxygens (including phenoxy) is 1. The van der Waals surface area contributed by atoms with Gasteiger partial charge >= 0.3 is 6.09 Å². The van der Waals surface area contributed by atoms with Crippen molar-refractivity contribution in [2.75, 3.05) is 13.1 Å². The van der Waals surface area contributed by atoms with Crippen molar-refractivity contribution < 1.29 is 23.9 Å². The van der Waals surface area contributed by atoms with Gasteiger partial charge in [0, 0.05) is 13.1 Å². The van der Waals surface area contributed by atoms with Gasteiger partial charge in [-0.1, -0.05) is 51.3 Å². The maximum absolute atomic E-state index is 14.0. The highest BCUT2D eigenvalue weighted by molar-refractivity contribution is 5.94. The van der Waals surface area contributed by atoms with E-state index in [1.54, 1.807) is 20.8 Å². The van der Waals surface area contributed by atoms with Crippen LogP contribution in [0.5, 0.6) is 0 Å². The molecule has 4 amide bonds. The van der Waals surface area contributed by atoms with Gasteiger partial charge in [-0.05, 0) is 64.2 Å². The molecule has 9 nitrogen and oxygen atoms in total. The van der Waals surface area contributed by atoms with Crippen molar-refractivity contribution in [1.29, 1.82) is 0 Å². The van der Waals surface area contributed by atoms with E-state index < -0.39 is 42.0 Å². The summed E-state index contributed by atoms with van der Waals surface area (Å²) in [6, 6.07) is 3.45. The molecule has 0 radical (unpaired) electrons. The second-order valence-electron chi connectivity index (χ2n) is 10.4. The molecule has 1 aromatic rings. The first-order valence-corrected chi connectivity index (χ1v) is 13.2. The van der Waals surface area contributed by atoms with Gasteiger partial charge in [0.25, 0.3) is 0 Å². The summed E-state index contributed by atoms with van der Waals surface area (Å²) in [6.45, 7) is 13.8. The van der Waals surface area contributed by atoms with Crippen molar-refractivity contribution in [2.24, 2.45) is 5.73 Å². The van der Waals surface area contributed by atoms with Crippen molar-refractivity contribution in [3.63, 3.8) is 0 Å². The van der Waals surface area contributed by atoms with Crippen LogP contribution < -0.4 is 16.4 Å². The fourth-order valence-corrected chi connectivity index (χ4v) is 3.96. The number of primary amides is 1. The summed E-state index contributed by atoms with van der Waals surface area (Å²) in [5, 5.41) is 5.48. The van der Waals surface area contributed by atoms with E-state index in [9.17, 15) is 19.2 Å². The van der Waals surface area contributed by atoms with Crippen LogP contribution in [-0.4, -0.2) is 53.4 Å². The lowest BCUT2D eigenvalue weighted by atomic mass is 9.94. The van der Waals surface area contributed by atoms with Crippen LogP contribution in [0.3, 0.4) is 0 Å². The Morgan fingerprint density at radius 1 is 1.03 bits per heavy atom. The van der Waals surface area contributed by atoms with Gasteiger partial charge in [-0.3, -0.25) is 14.4 Å². The highest BCUT2D eigenvalue weighted by Gasteiger charge is 2.37. The molecule has 2 unspecified atom stereocenters. The van der Waals surface area contributed by atoms with Crippen molar-refractivity contribution >= 4 is 23.8 Å². The van der Waals surface area contributed by atoms with Gasteiger partial charge in [-0.15, -0.1) is 0 Å². The number of nitrogens with two attached hydrogens (primary N) is 1. The zero-order valence-electron chi connectivity index (χ0n) is 23.6. The number of rotatable bonds is 14. The Labute approximate surface area is 221 Å². The maximum Gasteiger partial charge on any atom is 0.408 e. The van der Waals surface area contributed by atoms with Crippen LogP contribution in [0.2, 0.25) is 0 Å². The first-order chi connectivity index (χ1) is 17.3. The monoisotopic (exact) mass is 518 g/mol. The highest BCUT2D eigenvalue weighted by Crippen LogP contribution is 2.28. The van der Waals surface area contributed by atoms with Crippen molar-refractivity contribution in [3.05, 3.63) is 34.9 Å². The van der Waals surface area contributed by atoms with Crippen molar-refractivity contribution in [1.82, 2.24) is 15.5 Å². The third-order valence-corrected chi connectivity index (χ3v) is 6.01. The normalized spacial score (nSPS) is 12.8. The van der Waals surface area contributed by atoms with E-state index in [1.807, 2.05) is 45.9 Å². The van der Waals surface area contributed by atoms with Gasteiger partial charge in [0.05, 0.1) is 6.42 Å². The minimum Gasteiger partial charge on any atom is -0.444 e. The Morgan fingerprint density at radius 2 is 1.68 bits per heavy atom. The molecule has 0 aromatic heterocycles. The number of hydrogen-bond acceptors (Lipinski definition) is 5. The molecule has 0 bridgehead atoms. The highest BCUT2D eigenvalue weighted by atomic mass is 16.6. The minimum absolute atomic E-state index is 0.275. The zero-order chi connectivity index (χ0) is 28.2. The molecule has 1 rings (SSSR count). The molecule has 208 valence electrons. The molecule has 9 heteroatoms. The van der Waals surface area contributed by atoms with Crippen LogP contribution in [0, 0.1) is 13.8 Å². The standard InChI is InChI=1S/C28H46N4O5/c1-8-10-12-17-32(26(35)22(18-23(29)33)31-27(36)37-28(5,6)7)24(25(34)30-16-11-9-2)21-15-13-14-19(3)20(21)4/h13-15,22,24H,8-12,16-18H2,1-7H3,(H2,29,33)(H,30,34)(H,31,36). The SMILES string of the molecule is CCCCCN(C(=O)C(CC(N)=O)NC(=O)OC(C)(C)C)C(C(=O)NCCCC)c1cccc(C)c1C. The topological polar surface area (TPSA) is 131 Å². The van der Waals surface area contributed by atoms with E-state index in [0.29, 0.717) is 18.5 Å². The summed E-state index contributed by atoms with van der Waals surface area (Å²) in [6.07, 6.45) is 2.88. The average molecular weight is 519 g/mol. The third kappa shape index (κ3) is 10.8. The molecule has 0 aliphatic rings. The summed E-state index contributed by atoms with van der Waals surface area (Å²) in [5.74, 6) is -1.61. The number of unbranched alkanes of at least 4 members (excludes halogenated alkanes) is 3. The van der Waals surface area contributed by atoms with E-state index in [1.165, 1.54) is 4.90 Å². The van der Waals surface area contributed by atoms with Crippen LogP contribution in [0.1, 0.15) is 95.9 Å². The fourth-order valence-electron chi connectivity index (χ4n) is 3.96. The molecule has 0 spiro atoms. The summed E-state index contributed by atoms with van der Waals surface area (Å²) in [4.78, 5) is 53.5. The Morgan fingerprint density at radius 3 is 2.24 bits per heavy atom. The predicted molar refractivity (Wildman–Crippen MR) is 145 cm³/mol. The largest absolute Gasteiger partial charge is 0.444 e. The molecule has 0 fully saturated rings. The lowest BCUT2D eigenvalue weighted by Crippen LogP contribution is -2.54. The second-order valence-corrected chi connectivity index (χ2v) is 10.4. The Balaban J connectivity index is 3.54. The molecule has 0 saturated carbocycles. The Bertz CT molecular complexity index is 926. The number of carbonyl (C=O) groups excluding carboxylic acids is 4. The van der Waals surface area contributed by atoms with E-state index in [4.69, 9.17) is 10.5 Å². The molecule has 0 saturated heterocycles. The van der Waals surface area contributed by atoms with Crippen LogP contribution in [0.15, 0.2) is 18.2 Å². The van der Waals surface area contributed by atoms with E-state index >= 15 is 0 Å². The summed E-state index contributed by atoms with van der Waals surface area (Å²) < 4.78 is 5.32. The summed E-state index contributed by atoms with van der Waals surface area (Å²) in [7, 11) is 0. The van der Waals surface area contributed by atoms with Crippen molar-refractivity contribution in [3.8, 4) is 0 Å². The third-order valence-electron chi connectivity index (χ3n) is 6.01. The van der Waals surface area contributed by atoms with Crippen molar-refractivity contribution in [2.45, 2.75) is 105 Å².